The molecule has 3 rings (SSSR count). The lowest BCUT2D eigenvalue weighted by Crippen LogP contribution is -2.26. The van der Waals surface area contributed by atoms with Gasteiger partial charge in [0.2, 0.25) is 0 Å². The number of halogens is 1. The van der Waals surface area contributed by atoms with E-state index >= 15 is 0 Å². The summed E-state index contributed by atoms with van der Waals surface area (Å²) in [5, 5.41) is 12.6. The molecule has 0 fully saturated rings. The number of para-hydroxylation sites is 1. The predicted molar refractivity (Wildman–Crippen MR) is 79.9 cm³/mol. The van der Waals surface area contributed by atoms with E-state index in [2.05, 4.69) is 0 Å². The van der Waals surface area contributed by atoms with Crippen molar-refractivity contribution < 1.29 is 4.73 Å². The Morgan fingerprint density at radius 2 is 1.65 bits per heavy atom. The van der Waals surface area contributed by atoms with Gasteiger partial charge in [-0.2, -0.15) is 4.57 Å². The molecule has 0 bridgehead atoms. The molecular formula is C16H13ClN2O. The number of rotatable bonds is 2. The minimum Gasteiger partial charge on any atom is -0.711 e. The lowest BCUT2D eigenvalue weighted by Gasteiger charge is -2.04. The zero-order valence-corrected chi connectivity index (χ0v) is 11.7. The van der Waals surface area contributed by atoms with Crippen LogP contribution in [0, 0.1) is 12.1 Å². The van der Waals surface area contributed by atoms with Gasteiger partial charge in [0, 0.05) is 12.5 Å². The summed E-state index contributed by atoms with van der Waals surface area (Å²) in [4.78, 5) is 0. The molecule has 0 amide bonds. The van der Waals surface area contributed by atoms with Gasteiger partial charge >= 0.3 is 0 Å². The number of nitrogens with zero attached hydrogens (tertiary/aromatic N) is 2. The van der Waals surface area contributed by atoms with Crippen LogP contribution in [0.4, 0.5) is 0 Å². The first-order valence-electron chi connectivity index (χ1n) is 6.30. The Hall–Kier alpha value is -2.26. The molecule has 0 atom stereocenters. The molecule has 3 nitrogen and oxygen atoms in total. The van der Waals surface area contributed by atoms with Crippen LogP contribution < -0.4 is 4.73 Å². The van der Waals surface area contributed by atoms with Crippen LogP contribution in [-0.2, 0) is 0 Å². The minimum absolute atomic E-state index is 0.611. The van der Waals surface area contributed by atoms with E-state index in [9.17, 15) is 5.21 Å². The number of aromatic nitrogens is 2. The number of imidazole rings is 1. The van der Waals surface area contributed by atoms with E-state index in [0.717, 1.165) is 21.7 Å². The van der Waals surface area contributed by atoms with Gasteiger partial charge in [-0.1, -0.05) is 54.1 Å². The van der Waals surface area contributed by atoms with Crippen molar-refractivity contribution in [2.24, 2.45) is 0 Å². The van der Waals surface area contributed by atoms with Gasteiger partial charge in [0.1, 0.15) is 0 Å². The average molecular weight is 285 g/mol. The van der Waals surface area contributed by atoms with Gasteiger partial charge in [-0.15, -0.1) is 0 Å². The second-order valence-electron chi connectivity index (χ2n) is 4.56. The van der Waals surface area contributed by atoms with Crippen molar-refractivity contribution >= 4 is 11.6 Å². The molecule has 3 aromatic rings. The fraction of sp³-hybridized carbons (Fsp3) is 0.0625. The first-order chi connectivity index (χ1) is 9.68. The van der Waals surface area contributed by atoms with Gasteiger partial charge in [-0.05, 0) is 12.1 Å². The molecule has 4 heteroatoms. The normalized spacial score (nSPS) is 10.7. The van der Waals surface area contributed by atoms with E-state index in [0.29, 0.717) is 10.7 Å². The van der Waals surface area contributed by atoms with Crippen LogP contribution in [-0.4, -0.2) is 4.57 Å². The Kier molecular flexibility index (Phi) is 3.20. The third kappa shape index (κ3) is 2.06. The van der Waals surface area contributed by atoms with Gasteiger partial charge in [0.15, 0.2) is 17.1 Å². The maximum absolute atomic E-state index is 12.0. The third-order valence-corrected chi connectivity index (χ3v) is 3.61. The molecule has 0 unspecified atom stereocenters. The first kappa shape index (κ1) is 12.8. The topological polar surface area (TPSA) is 31.9 Å². The maximum Gasteiger partial charge on any atom is 0.252 e. The molecule has 0 aliphatic rings. The van der Waals surface area contributed by atoms with Crippen LogP contribution in [0.25, 0.3) is 16.9 Å². The van der Waals surface area contributed by atoms with Gasteiger partial charge < -0.3 is 5.21 Å². The monoisotopic (exact) mass is 284 g/mol. The molecule has 0 spiro atoms. The van der Waals surface area contributed by atoms with Crippen molar-refractivity contribution in [2.75, 3.05) is 0 Å². The zero-order chi connectivity index (χ0) is 14.1. The van der Waals surface area contributed by atoms with Crippen molar-refractivity contribution in [1.29, 1.82) is 0 Å². The highest BCUT2D eigenvalue weighted by atomic mass is 35.5. The summed E-state index contributed by atoms with van der Waals surface area (Å²) in [6, 6.07) is 17.3. The molecular weight excluding hydrogens is 272 g/mol. The summed E-state index contributed by atoms with van der Waals surface area (Å²) in [5.74, 6) is 0. The van der Waals surface area contributed by atoms with Crippen molar-refractivity contribution in [3.05, 3.63) is 76.8 Å². The van der Waals surface area contributed by atoms with Gasteiger partial charge in [0.25, 0.3) is 6.33 Å². The molecule has 0 radical (unpaired) electrons. The van der Waals surface area contributed by atoms with E-state index in [1.54, 1.807) is 0 Å². The number of hydrogen-bond donors (Lipinski definition) is 0. The van der Waals surface area contributed by atoms with Crippen molar-refractivity contribution in [3.63, 3.8) is 0 Å². The highest BCUT2D eigenvalue weighted by Crippen LogP contribution is 2.28. The van der Waals surface area contributed by atoms with Gasteiger partial charge in [-0.3, -0.25) is 0 Å². The number of hydrogen-bond acceptors (Lipinski definition) is 1. The van der Waals surface area contributed by atoms with Crippen LogP contribution in [0.3, 0.4) is 0 Å². The quantitative estimate of drug-likeness (QED) is 0.521. The van der Waals surface area contributed by atoms with Crippen LogP contribution >= 0.6 is 11.6 Å². The SMILES string of the molecule is Cc1c(-c2ccccc2)n(-c2ccccc2Cl)c[n+]1[O-]. The fourth-order valence-corrected chi connectivity index (χ4v) is 2.53. The van der Waals surface area contributed by atoms with Crippen LogP contribution in [0.15, 0.2) is 60.9 Å². The summed E-state index contributed by atoms with van der Waals surface area (Å²) in [6.45, 7) is 1.81. The minimum atomic E-state index is 0.611. The zero-order valence-electron chi connectivity index (χ0n) is 11.0. The van der Waals surface area contributed by atoms with Crippen molar-refractivity contribution in [3.8, 4) is 16.9 Å². The Bertz CT molecular complexity index is 750. The molecule has 0 aliphatic heterocycles. The molecule has 1 aromatic heterocycles. The molecule has 20 heavy (non-hydrogen) atoms. The van der Waals surface area contributed by atoms with E-state index in [4.69, 9.17) is 11.6 Å². The Labute approximate surface area is 122 Å². The van der Waals surface area contributed by atoms with Crippen LogP contribution in [0.5, 0.6) is 0 Å². The predicted octanol–water partition coefficient (Wildman–Crippen LogP) is 3.74. The lowest BCUT2D eigenvalue weighted by molar-refractivity contribution is -0.610. The maximum atomic E-state index is 12.0. The second kappa shape index (κ2) is 5.02. The van der Waals surface area contributed by atoms with E-state index in [-0.39, 0.29) is 0 Å². The summed E-state index contributed by atoms with van der Waals surface area (Å²) in [6.07, 6.45) is 1.51. The van der Waals surface area contributed by atoms with Gasteiger partial charge in [0.05, 0.1) is 5.02 Å². The highest BCUT2D eigenvalue weighted by molar-refractivity contribution is 6.32. The Balaban J connectivity index is 2.28. The fourth-order valence-electron chi connectivity index (χ4n) is 2.30. The molecule has 0 aliphatic carbocycles. The van der Waals surface area contributed by atoms with Crippen LogP contribution in [0.1, 0.15) is 5.69 Å². The highest BCUT2D eigenvalue weighted by Gasteiger charge is 2.21. The molecule has 2 aromatic carbocycles. The summed E-state index contributed by atoms with van der Waals surface area (Å²) < 4.78 is 2.70. The summed E-state index contributed by atoms with van der Waals surface area (Å²) in [7, 11) is 0. The molecule has 0 saturated heterocycles. The van der Waals surface area contributed by atoms with Crippen molar-refractivity contribution in [2.45, 2.75) is 6.92 Å². The molecule has 100 valence electrons. The van der Waals surface area contributed by atoms with E-state index in [1.807, 2.05) is 66.1 Å². The average Bonchev–Trinajstić information content (AvgIpc) is 2.76. The lowest BCUT2D eigenvalue weighted by atomic mass is 10.1. The summed E-state index contributed by atoms with van der Waals surface area (Å²) in [5.41, 5.74) is 3.29. The van der Waals surface area contributed by atoms with Crippen molar-refractivity contribution in [1.82, 2.24) is 4.57 Å². The standard InChI is InChI=1S/C16H13ClN2O/c1-12-16(13-7-3-2-4-8-13)18(11-19(12)20)15-10-6-5-9-14(15)17/h2-11H,1H3. The van der Waals surface area contributed by atoms with E-state index < -0.39 is 0 Å². The summed E-state index contributed by atoms with van der Waals surface area (Å²) >= 11 is 6.25. The second-order valence-corrected chi connectivity index (χ2v) is 4.97. The molecule has 1 heterocycles. The first-order valence-corrected chi connectivity index (χ1v) is 6.67. The molecule has 0 saturated carbocycles. The third-order valence-electron chi connectivity index (χ3n) is 3.29. The smallest absolute Gasteiger partial charge is 0.252 e. The van der Waals surface area contributed by atoms with Gasteiger partial charge in [-0.25, -0.2) is 4.73 Å². The number of benzene rings is 2. The Morgan fingerprint density at radius 1 is 1.00 bits per heavy atom. The van der Waals surface area contributed by atoms with Crippen LogP contribution in [0.2, 0.25) is 5.02 Å². The molecule has 0 N–H and O–H groups in total. The largest absolute Gasteiger partial charge is 0.711 e. The Morgan fingerprint density at radius 3 is 2.35 bits per heavy atom. The van der Waals surface area contributed by atoms with E-state index in [1.165, 1.54) is 6.33 Å².